The second kappa shape index (κ2) is 14.0. The van der Waals surface area contributed by atoms with Gasteiger partial charge in [0.15, 0.2) is 0 Å². The van der Waals surface area contributed by atoms with Gasteiger partial charge < -0.3 is 5.11 Å². The van der Waals surface area contributed by atoms with E-state index in [0.29, 0.717) is 5.75 Å². The third-order valence-corrected chi connectivity index (χ3v) is 13.3. The Hall–Kier alpha value is -3.67. The van der Waals surface area contributed by atoms with Crippen molar-refractivity contribution in [3.05, 3.63) is 142 Å². The van der Waals surface area contributed by atoms with Gasteiger partial charge in [-0.05, 0) is 139 Å². The lowest BCUT2D eigenvalue weighted by Crippen LogP contribution is -2.28. The van der Waals surface area contributed by atoms with Gasteiger partial charge in [0.1, 0.15) is 5.75 Å². The van der Waals surface area contributed by atoms with Crippen LogP contribution in [0.3, 0.4) is 0 Å². The van der Waals surface area contributed by atoms with Crippen molar-refractivity contribution in [3.8, 4) is 16.9 Å². The standard InChI is InChI=1S/C50H61OP/c1-47(2,3)38-27-39(48(4,5)6)30-43(29-38)52(44-31-40(49(7,8)9)28-41(32-44)50(10,11)12)42-15-13-14-37(26-42)45-24-33-16-20-35(45)21-17-34-19-23-36(22-18-33)46(51)25-34/h13-16,19-20,23-32,51H,17-18,21-22H2,1-12H3. The number of phenols is 1. The molecule has 5 aromatic rings. The fourth-order valence-electron chi connectivity index (χ4n) is 7.27. The number of aromatic hydroxyl groups is 1. The summed E-state index contributed by atoms with van der Waals surface area (Å²) >= 11 is 0. The Labute approximate surface area is 316 Å². The summed E-state index contributed by atoms with van der Waals surface area (Å²) in [4.78, 5) is 0. The third kappa shape index (κ3) is 8.42. The van der Waals surface area contributed by atoms with Crippen LogP contribution in [0.25, 0.3) is 11.1 Å². The normalized spacial score (nSPS) is 14.1. The molecule has 0 aromatic heterocycles. The summed E-state index contributed by atoms with van der Waals surface area (Å²) in [6.07, 6.45) is 3.56. The lowest BCUT2D eigenvalue weighted by molar-refractivity contribution is 0.467. The zero-order valence-corrected chi connectivity index (χ0v) is 34.9. The molecule has 0 spiro atoms. The minimum atomic E-state index is -0.896. The van der Waals surface area contributed by atoms with Crippen LogP contribution in [0, 0.1) is 0 Å². The molecule has 2 heteroatoms. The van der Waals surface area contributed by atoms with Crippen LogP contribution in [0.2, 0.25) is 0 Å². The Morgan fingerprint density at radius 3 is 1.33 bits per heavy atom. The maximum atomic E-state index is 10.7. The molecule has 9 rings (SSSR count). The van der Waals surface area contributed by atoms with Crippen molar-refractivity contribution in [2.45, 2.75) is 130 Å². The second-order valence-corrected chi connectivity index (χ2v) is 21.6. The Kier molecular flexibility index (Phi) is 10.2. The highest BCUT2D eigenvalue weighted by Crippen LogP contribution is 2.41. The summed E-state index contributed by atoms with van der Waals surface area (Å²) in [5.74, 6) is 0.434. The van der Waals surface area contributed by atoms with Crippen LogP contribution in [-0.2, 0) is 47.3 Å². The predicted octanol–water partition coefficient (Wildman–Crippen LogP) is 11.9. The van der Waals surface area contributed by atoms with E-state index in [2.05, 4.69) is 174 Å². The van der Waals surface area contributed by atoms with Gasteiger partial charge in [-0.1, -0.05) is 168 Å². The van der Waals surface area contributed by atoms with Gasteiger partial charge in [-0.2, -0.15) is 0 Å². The molecule has 0 unspecified atom stereocenters. The monoisotopic (exact) mass is 708 g/mol. The van der Waals surface area contributed by atoms with Crippen molar-refractivity contribution >= 4 is 23.8 Å². The molecule has 0 saturated heterocycles. The summed E-state index contributed by atoms with van der Waals surface area (Å²) in [6.45, 7) is 28.2. The van der Waals surface area contributed by atoms with Crippen LogP contribution < -0.4 is 15.9 Å². The largest absolute Gasteiger partial charge is 0.508 e. The number of benzene rings is 5. The van der Waals surface area contributed by atoms with E-state index >= 15 is 0 Å². The number of aryl methyl sites for hydroxylation is 4. The summed E-state index contributed by atoms with van der Waals surface area (Å²) in [5.41, 5.74) is 13.2. The summed E-state index contributed by atoms with van der Waals surface area (Å²) in [5, 5.41) is 14.9. The number of hydrogen-bond donors (Lipinski definition) is 1. The van der Waals surface area contributed by atoms with Crippen LogP contribution in [0.4, 0.5) is 0 Å². The van der Waals surface area contributed by atoms with E-state index in [4.69, 9.17) is 0 Å². The van der Waals surface area contributed by atoms with E-state index in [1.165, 1.54) is 66.0 Å². The third-order valence-electron chi connectivity index (χ3n) is 10.9. The number of phenolic OH excluding ortho intramolecular Hbond substituents is 1. The van der Waals surface area contributed by atoms with E-state index < -0.39 is 7.92 Å². The first-order chi connectivity index (χ1) is 24.2. The van der Waals surface area contributed by atoms with Gasteiger partial charge >= 0.3 is 0 Å². The predicted molar refractivity (Wildman–Crippen MR) is 228 cm³/mol. The van der Waals surface area contributed by atoms with Crippen LogP contribution in [0.5, 0.6) is 5.75 Å². The van der Waals surface area contributed by atoms with Crippen LogP contribution in [0.15, 0.2) is 97.1 Å². The van der Waals surface area contributed by atoms with Gasteiger partial charge in [0, 0.05) is 0 Å². The van der Waals surface area contributed by atoms with Crippen LogP contribution in [0.1, 0.15) is 128 Å². The molecule has 0 aliphatic heterocycles. The second-order valence-electron chi connectivity index (χ2n) is 19.4. The molecule has 4 aliphatic carbocycles. The Morgan fingerprint density at radius 1 is 0.423 bits per heavy atom. The van der Waals surface area contributed by atoms with E-state index in [0.717, 1.165) is 31.2 Å². The van der Waals surface area contributed by atoms with Crippen molar-refractivity contribution in [1.29, 1.82) is 0 Å². The van der Waals surface area contributed by atoms with Crippen LogP contribution in [-0.4, -0.2) is 5.11 Å². The lowest BCUT2D eigenvalue weighted by Gasteiger charge is -2.31. The van der Waals surface area contributed by atoms with Crippen molar-refractivity contribution in [1.82, 2.24) is 0 Å². The average Bonchev–Trinajstić information content (AvgIpc) is 3.04. The van der Waals surface area contributed by atoms with Crippen molar-refractivity contribution in [2.24, 2.45) is 0 Å². The highest BCUT2D eigenvalue weighted by molar-refractivity contribution is 7.79. The first-order valence-electron chi connectivity index (χ1n) is 19.3. The minimum Gasteiger partial charge on any atom is -0.508 e. The Morgan fingerprint density at radius 2 is 0.865 bits per heavy atom. The average molecular weight is 709 g/mol. The first-order valence-corrected chi connectivity index (χ1v) is 20.7. The number of hydrogen-bond acceptors (Lipinski definition) is 1. The molecule has 4 aliphatic rings. The van der Waals surface area contributed by atoms with Gasteiger partial charge in [0.2, 0.25) is 0 Å². The molecule has 52 heavy (non-hydrogen) atoms. The maximum absolute atomic E-state index is 10.7. The molecule has 1 nitrogen and oxygen atoms in total. The van der Waals surface area contributed by atoms with E-state index in [-0.39, 0.29) is 21.7 Å². The fourth-order valence-corrected chi connectivity index (χ4v) is 9.74. The zero-order chi connectivity index (χ0) is 37.8. The highest BCUT2D eigenvalue weighted by Gasteiger charge is 2.28. The van der Waals surface area contributed by atoms with Gasteiger partial charge in [0.05, 0.1) is 0 Å². The molecular formula is C50H61OP. The fraction of sp³-hybridized carbons (Fsp3) is 0.400. The minimum absolute atomic E-state index is 0.0253. The topological polar surface area (TPSA) is 20.2 Å². The molecule has 0 heterocycles. The maximum Gasteiger partial charge on any atom is 0.119 e. The smallest absolute Gasteiger partial charge is 0.119 e. The summed E-state index contributed by atoms with van der Waals surface area (Å²) < 4.78 is 0. The van der Waals surface area contributed by atoms with E-state index in [1.807, 2.05) is 6.07 Å². The molecule has 4 bridgehead atoms. The van der Waals surface area contributed by atoms with Crippen molar-refractivity contribution < 1.29 is 5.11 Å². The first kappa shape index (κ1) is 38.1. The van der Waals surface area contributed by atoms with Crippen molar-refractivity contribution in [3.63, 3.8) is 0 Å². The highest BCUT2D eigenvalue weighted by atomic mass is 31.1. The zero-order valence-electron chi connectivity index (χ0n) is 34.0. The molecule has 0 fully saturated rings. The molecule has 1 N–H and O–H groups in total. The molecule has 272 valence electrons. The van der Waals surface area contributed by atoms with Crippen LogP contribution >= 0.6 is 7.92 Å². The quantitative estimate of drug-likeness (QED) is 0.184. The SMILES string of the molecule is CC(C)(C)c1cc(P(c2cccc(-c3cc4ccc3CCc3ccc(c(O)c3)CC4)c2)c2cc(C(C)(C)C)cc(C(C)(C)C)c2)cc(C(C)(C)C)c1. The van der Waals surface area contributed by atoms with E-state index in [1.54, 1.807) is 0 Å². The molecular weight excluding hydrogens is 648 g/mol. The summed E-state index contributed by atoms with van der Waals surface area (Å²) in [6, 6.07) is 37.9. The molecule has 0 saturated carbocycles. The van der Waals surface area contributed by atoms with Crippen molar-refractivity contribution in [2.75, 3.05) is 0 Å². The summed E-state index contributed by atoms with van der Waals surface area (Å²) in [7, 11) is -0.896. The van der Waals surface area contributed by atoms with Gasteiger partial charge in [-0.3, -0.25) is 0 Å². The lowest BCUT2D eigenvalue weighted by atomic mass is 9.81. The number of rotatable bonds is 4. The molecule has 0 atom stereocenters. The molecule has 5 aromatic carbocycles. The Bertz CT molecular complexity index is 1950. The van der Waals surface area contributed by atoms with Gasteiger partial charge in [-0.25, -0.2) is 0 Å². The molecule has 0 amide bonds. The van der Waals surface area contributed by atoms with Gasteiger partial charge in [-0.15, -0.1) is 0 Å². The van der Waals surface area contributed by atoms with Gasteiger partial charge in [0.25, 0.3) is 0 Å². The molecule has 0 radical (unpaired) electrons. The Balaban J connectivity index is 1.59. The van der Waals surface area contributed by atoms with E-state index in [9.17, 15) is 5.11 Å².